The minimum absolute atomic E-state index is 0.263. The monoisotopic (exact) mass is 356 g/mol. The second kappa shape index (κ2) is 6.91. The maximum Gasteiger partial charge on any atom is 0.223 e. The molecule has 2 saturated heterocycles. The molecule has 5 heteroatoms. The lowest BCUT2D eigenvalue weighted by Gasteiger charge is -2.42. The first-order valence-electron chi connectivity index (χ1n) is 8.87. The molecule has 0 unspecified atom stereocenters. The zero-order valence-electron chi connectivity index (χ0n) is 15.3. The van der Waals surface area contributed by atoms with Gasteiger partial charge in [0.25, 0.3) is 0 Å². The first kappa shape index (κ1) is 17.3. The average molecular weight is 356 g/mol. The smallest absolute Gasteiger partial charge is 0.223 e. The number of rotatable bonds is 6. The van der Waals surface area contributed by atoms with E-state index in [0.717, 1.165) is 11.5 Å². The molecule has 0 bridgehead atoms. The third-order valence-electron chi connectivity index (χ3n) is 4.99. The van der Waals surface area contributed by atoms with Gasteiger partial charge in [0.1, 0.15) is 30.8 Å². The predicted octanol–water partition coefficient (Wildman–Crippen LogP) is 3.27. The van der Waals surface area contributed by atoms with Crippen LogP contribution in [0.2, 0.25) is 0 Å². The van der Waals surface area contributed by atoms with E-state index in [1.807, 2.05) is 62.4 Å². The van der Waals surface area contributed by atoms with Gasteiger partial charge in [0.2, 0.25) is 5.79 Å². The second-order valence-electron chi connectivity index (χ2n) is 6.92. The number of hydrogen-bond donors (Lipinski definition) is 0. The van der Waals surface area contributed by atoms with Gasteiger partial charge in [0.15, 0.2) is 12.2 Å². The van der Waals surface area contributed by atoms with E-state index in [2.05, 4.69) is 0 Å². The predicted molar refractivity (Wildman–Crippen MR) is 96.6 cm³/mol. The van der Waals surface area contributed by atoms with Crippen LogP contribution in [0.15, 0.2) is 48.5 Å². The van der Waals surface area contributed by atoms with Crippen molar-refractivity contribution in [1.82, 2.24) is 0 Å². The number of ether oxygens (including phenoxy) is 5. The van der Waals surface area contributed by atoms with E-state index >= 15 is 0 Å². The average Bonchev–Trinajstić information content (AvgIpc) is 2.83. The third kappa shape index (κ3) is 3.18. The van der Waals surface area contributed by atoms with Crippen molar-refractivity contribution in [3.8, 4) is 11.5 Å². The van der Waals surface area contributed by atoms with E-state index in [1.54, 1.807) is 7.11 Å². The Labute approximate surface area is 153 Å². The molecule has 0 radical (unpaired) electrons. The van der Waals surface area contributed by atoms with Crippen molar-refractivity contribution < 1.29 is 23.7 Å². The summed E-state index contributed by atoms with van der Waals surface area (Å²) in [6.45, 7) is 4.87. The van der Waals surface area contributed by atoms with Crippen molar-refractivity contribution in [3.63, 3.8) is 0 Å². The maximum atomic E-state index is 6.20. The van der Waals surface area contributed by atoms with Crippen molar-refractivity contribution in [3.05, 3.63) is 59.7 Å². The van der Waals surface area contributed by atoms with Gasteiger partial charge in [-0.15, -0.1) is 0 Å². The highest BCUT2D eigenvalue weighted by Crippen LogP contribution is 2.43. The minimum Gasteiger partial charge on any atom is -0.491 e. The lowest BCUT2D eigenvalue weighted by Crippen LogP contribution is -2.60. The molecule has 0 aromatic heterocycles. The molecule has 4 atom stereocenters. The van der Waals surface area contributed by atoms with E-state index < -0.39 is 5.79 Å². The molecule has 2 aliphatic rings. The quantitative estimate of drug-likeness (QED) is 0.795. The van der Waals surface area contributed by atoms with Crippen LogP contribution in [0.3, 0.4) is 0 Å². The Kier molecular flexibility index (Phi) is 4.61. The van der Waals surface area contributed by atoms with Gasteiger partial charge >= 0.3 is 0 Å². The molecule has 26 heavy (non-hydrogen) atoms. The number of hydrogen-bond acceptors (Lipinski definition) is 5. The fourth-order valence-electron chi connectivity index (χ4n) is 3.36. The van der Waals surface area contributed by atoms with Crippen LogP contribution in [0.25, 0.3) is 0 Å². The van der Waals surface area contributed by atoms with Crippen molar-refractivity contribution in [2.75, 3.05) is 20.3 Å². The molecule has 0 amide bonds. The number of methoxy groups -OCH3 is 1. The third-order valence-corrected chi connectivity index (χ3v) is 4.99. The summed E-state index contributed by atoms with van der Waals surface area (Å²) >= 11 is 0. The Morgan fingerprint density at radius 2 is 1.58 bits per heavy atom. The second-order valence-corrected chi connectivity index (χ2v) is 6.92. The molecule has 0 saturated carbocycles. The van der Waals surface area contributed by atoms with Gasteiger partial charge in [-0.2, -0.15) is 0 Å². The zero-order valence-corrected chi connectivity index (χ0v) is 15.3. The molecule has 4 rings (SSSR count). The van der Waals surface area contributed by atoms with Crippen molar-refractivity contribution in [2.45, 2.75) is 37.9 Å². The highest BCUT2D eigenvalue weighted by molar-refractivity contribution is 5.28. The Hall–Kier alpha value is -2.08. The lowest BCUT2D eigenvalue weighted by molar-refractivity contribution is -0.345. The normalized spacial score (nSPS) is 29.7. The van der Waals surface area contributed by atoms with E-state index in [0.29, 0.717) is 13.2 Å². The van der Waals surface area contributed by atoms with Crippen LogP contribution in [-0.2, 0) is 14.2 Å². The molecular formula is C21H24O5. The molecule has 0 N–H and O–H groups in total. The van der Waals surface area contributed by atoms with Gasteiger partial charge in [0, 0.05) is 7.11 Å². The van der Waals surface area contributed by atoms with Gasteiger partial charge in [-0.1, -0.05) is 35.4 Å². The van der Waals surface area contributed by atoms with E-state index in [1.165, 1.54) is 11.1 Å². The Bertz CT molecular complexity index is 738. The highest BCUT2D eigenvalue weighted by atomic mass is 16.8. The molecule has 2 aromatic carbocycles. The lowest BCUT2D eigenvalue weighted by atomic mass is 10.0. The molecule has 2 heterocycles. The Morgan fingerprint density at radius 1 is 0.962 bits per heavy atom. The SMILES string of the molecule is CO[C@@]12CO[C@@H]1[C@H](Oc1ccc(C)cc1)[C@@H](COc1ccc(C)cc1)O2. The fraction of sp³-hybridized carbons (Fsp3) is 0.429. The summed E-state index contributed by atoms with van der Waals surface area (Å²) in [6.07, 6.45) is -0.845. The maximum absolute atomic E-state index is 6.20. The van der Waals surface area contributed by atoms with E-state index in [9.17, 15) is 0 Å². The first-order valence-corrected chi connectivity index (χ1v) is 8.87. The minimum atomic E-state index is -0.739. The Morgan fingerprint density at radius 3 is 2.12 bits per heavy atom. The van der Waals surface area contributed by atoms with Gasteiger partial charge in [0.05, 0.1) is 0 Å². The molecule has 2 aliphatic heterocycles. The highest BCUT2D eigenvalue weighted by Gasteiger charge is 2.64. The molecule has 2 fully saturated rings. The van der Waals surface area contributed by atoms with Crippen LogP contribution < -0.4 is 9.47 Å². The fourth-order valence-corrected chi connectivity index (χ4v) is 3.36. The topological polar surface area (TPSA) is 46.2 Å². The van der Waals surface area contributed by atoms with Crippen LogP contribution in [0.5, 0.6) is 11.5 Å². The van der Waals surface area contributed by atoms with E-state index in [4.69, 9.17) is 23.7 Å². The molecule has 0 spiro atoms. The Balaban J connectivity index is 1.48. The summed E-state index contributed by atoms with van der Waals surface area (Å²) in [5, 5.41) is 0. The number of fused-ring (bicyclic) bond motifs is 1. The van der Waals surface area contributed by atoms with Gasteiger partial charge < -0.3 is 23.7 Å². The molecule has 138 valence electrons. The summed E-state index contributed by atoms with van der Waals surface area (Å²) < 4.78 is 29.6. The molecule has 2 aromatic rings. The van der Waals surface area contributed by atoms with Crippen molar-refractivity contribution in [1.29, 1.82) is 0 Å². The van der Waals surface area contributed by atoms with Crippen LogP contribution in [-0.4, -0.2) is 44.4 Å². The van der Waals surface area contributed by atoms with Crippen LogP contribution in [0.4, 0.5) is 0 Å². The standard InChI is InChI=1S/C21H24O5/c1-14-4-8-16(9-5-14)23-12-18-19(20-21(22-3,26-18)13-24-20)25-17-10-6-15(2)7-11-17/h4-11,18-20H,12-13H2,1-3H3/t18-,19-,20-,21-/m1/s1. The number of aryl methyl sites for hydroxylation is 2. The summed E-state index contributed by atoms with van der Waals surface area (Å²) in [5.41, 5.74) is 2.38. The number of benzene rings is 2. The van der Waals surface area contributed by atoms with Gasteiger partial charge in [-0.25, -0.2) is 0 Å². The summed E-state index contributed by atoms with van der Waals surface area (Å²) in [6, 6.07) is 15.9. The summed E-state index contributed by atoms with van der Waals surface area (Å²) in [5.74, 6) is 0.850. The van der Waals surface area contributed by atoms with Crippen LogP contribution in [0.1, 0.15) is 11.1 Å². The van der Waals surface area contributed by atoms with Crippen LogP contribution >= 0.6 is 0 Å². The van der Waals surface area contributed by atoms with Crippen molar-refractivity contribution in [2.24, 2.45) is 0 Å². The van der Waals surface area contributed by atoms with Gasteiger partial charge in [-0.3, -0.25) is 0 Å². The van der Waals surface area contributed by atoms with Crippen molar-refractivity contribution >= 4 is 0 Å². The van der Waals surface area contributed by atoms with E-state index in [-0.39, 0.29) is 18.3 Å². The largest absolute Gasteiger partial charge is 0.491 e. The van der Waals surface area contributed by atoms with Gasteiger partial charge in [-0.05, 0) is 38.1 Å². The molecule has 0 aliphatic carbocycles. The molecular weight excluding hydrogens is 332 g/mol. The summed E-state index contributed by atoms with van der Waals surface area (Å²) in [4.78, 5) is 0. The molecule has 5 nitrogen and oxygen atoms in total. The summed E-state index contributed by atoms with van der Waals surface area (Å²) in [7, 11) is 1.64. The van der Waals surface area contributed by atoms with Crippen LogP contribution in [0, 0.1) is 13.8 Å². The first-order chi connectivity index (χ1) is 12.6. The zero-order chi connectivity index (χ0) is 18.1.